The lowest BCUT2D eigenvalue weighted by Crippen LogP contribution is -2.12. The lowest BCUT2D eigenvalue weighted by molar-refractivity contribution is -0.136. The molecule has 0 saturated heterocycles. The minimum absolute atomic E-state index is 0.280. The van der Waals surface area contributed by atoms with Gasteiger partial charge in [0.05, 0.1) is 13.4 Å². The van der Waals surface area contributed by atoms with E-state index >= 15 is 0 Å². The number of Topliss-reactive ketones (excluding diaryl/α,β-unsaturated/α-hetero) is 1. The number of ketones is 1. The van der Waals surface area contributed by atoms with Gasteiger partial charge in [-0.3, -0.25) is 4.79 Å². The van der Waals surface area contributed by atoms with Crippen molar-refractivity contribution in [3.63, 3.8) is 0 Å². The fraction of sp³-hybridized carbons (Fsp3) is 0.125. The molecular formula is C16H14O5. The van der Waals surface area contributed by atoms with E-state index in [1.165, 1.54) is 18.4 Å². The number of hydrogen-bond donors (Lipinski definition) is 0. The van der Waals surface area contributed by atoms with Crippen LogP contribution in [0.5, 0.6) is 5.75 Å². The molecule has 0 unspecified atom stereocenters. The van der Waals surface area contributed by atoms with Crippen LogP contribution in [0.4, 0.5) is 0 Å². The molecule has 0 aliphatic rings. The molecule has 0 amide bonds. The van der Waals surface area contributed by atoms with E-state index in [2.05, 4.69) is 0 Å². The van der Waals surface area contributed by atoms with E-state index in [9.17, 15) is 9.59 Å². The van der Waals surface area contributed by atoms with Crippen molar-refractivity contribution in [3.05, 3.63) is 60.1 Å². The SMILES string of the molecule is COc1ccc(C(=O)COC(=O)/C=C/c2ccco2)cc1. The lowest BCUT2D eigenvalue weighted by Gasteiger charge is -2.03. The summed E-state index contributed by atoms with van der Waals surface area (Å²) in [5.41, 5.74) is 0.457. The maximum atomic E-state index is 11.8. The largest absolute Gasteiger partial charge is 0.497 e. The Morgan fingerprint density at radius 3 is 2.57 bits per heavy atom. The molecule has 0 aliphatic heterocycles. The van der Waals surface area contributed by atoms with E-state index in [-0.39, 0.29) is 12.4 Å². The molecule has 0 atom stereocenters. The van der Waals surface area contributed by atoms with Crippen molar-refractivity contribution in [1.29, 1.82) is 0 Å². The highest BCUT2D eigenvalue weighted by atomic mass is 16.5. The number of rotatable bonds is 6. The van der Waals surface area contributed by atoms with Crippen LogP contribution in [0.2, 0.25) is 0 Å². The minimum atomic E-state index is -0.603. The van der Waals surface area contributed by atoms with Gasteiger partial charge in [0.1, 0.15) is 11.5 Å². The molecule has 0 fully saturated rings. The summed E-state index contributed by atoms with van der Waals surface area (Å²) in [5.74, 6) is 0.309. The van der Waals surface area contributed by atoms with Gasteiger partial charge in [-0.05, 0) is 42.5 Å². The second kappa shape index (κ2) is 7.09. The highest BCUT2D eigenvalue weighted by molar-refractivity contribution is 5.98. The smallest absolute Gasteiger partial charge is 0.331 e. The Balaban J connectivity index is 1.84. The van der Waals surface area contributed by atoms with Crippen molar-refractivity contribution < 1.29 is 23.5 Å². The number of esters is 1. The van der Waals surface area contributed by atoms with Gasteiger partial charge in [-0.1, -0.05) is 0 Å². The first kappa shape index (κ1) is 14.6. The van der Waals surface area contributed by atoms with Crippen LogP contribution in [0, 0.1) is 0 Å². The number of methoxy groups -OCH3 is 1. The average molecular weight is 286 g/mol. The minimum Gasteiger partial charge on any atom is -0.497 e. The lowest BCUT2D eigenvalue weighted by atomic mass is 10.1. The quantitative estimate of drug-likeness (QED) is 0.464. The third kappa shape index (κ3) is 4.35. The van der Waals surface area contributed by atoms with Crippen LogP contribution in [-0.2, 0) is 9.53 Å². The zero-order valence-corrected chi connectivity index (χ0v) is 11.4. The Morgan fingerprint density at radius 2 is 1.95 bits per heavy atom. The monoisotopic (exact) mass is 286 g/mol. The number of carbonyl (C=O) groups is 2. The summed E-state index contributed by atoms with van der Waals surface area (Å²) in [6, 6.07) is 9.99. The molecular weight excluding hydrogens is 272 g/mol. The zero-order valence-electron chi connectivity index (χ0n) is 11.4. The van der Waals surface area contributed by atoms with Crippen LogP contribution < -0.4 is 4.74 Å². The third-order valence-corrected chi connectivity index (χ3v) is 2.68. The molecule has 108 valence electrons. The van der Waals surface area contributed by atoms with Gasteiger partial charge in [0.2, 0.25) is 0 Å². The van der Waals surface area contributed by atoms with E-state index in [1.54, 1.807) is 43.5 Å². The third-order valence-electron chi connectivity index (χ3n) is 2.68. The van der Waals surface area contributed by atoms with Crippen LogP contribution in [0.15, 0.2) is 53.2 Å². The Bertz CT molecular complexity index is 623. The maximum Gasteiger partial charge on any atom is 0.331 e. The van der Waals surface area contributed by atoms with E-state index in [1.807, 2.05) is 0 Å². The van der Waals surface area contributed by atoms with Crippen LogP contribution in [0.1, 0.15) is 16.1 Å². The van der Waals surface area contributed by atoms with Gasteiger partial charge < -0.3 is 13.9 Å². The Morgan fingerprint density at radius 1 is 1.19 bits per heavy atom. The number of benzene rings is 1. The normalized spacial score (nSPS) is 10.5. The van der Waals surface area contributed by atoms with Gasteiger partial charge in [0.15, 0.2) is 12.4 Å². The van der Waals surface area contributed by atoms with Gasteiger partial charge in [0, 0.05) is 11.6 Å². The molecule has 1 heterocycles. The molecule has 0 spiro atoms. The standard InChI is InChI=1S/C16H14O5/c1-19-13-6-4-12(5-7-13)15(17)11-21-16(18)9-8-14-3-2-10-20-14/h2-10H,11H2,1H3/b9-8+. The van der Waals surface area contributed by atoms with Crippen molar-refractivity contribution in [3.8, 4) is 5.75 Å². The molecule has 1 aromatic heterocycles. The van der Waals surface area contributed by atoms with Crippen molar-refractivity contribution in [2.75, 3.05) is 13.7 Å². The topological polar surface area (TPSA) is 65.7 Å². The van der Waals surface area contributed by atoms with Crippen molar-refractivity contribution in [1.82, 2.24) is 0 Å². The van der Waals surface area contributed by atoms with Crippen LogP contribution >= 0.6 is 0 Å². The molecule has 0 aliphatic carbocycles. The van der Waals surface area contributed by atoms with E-state index in [0.29, 0.717) is 17.1 Å². The van der Waals surface area contributed by atoms with E-state index in [0.717, 1.165) is 0 Å². The molecule has 2 aromatic rings. The first-order valence-corrected chi connectivity index (χ1v) is 6.24. The predicted molar refractivity (Wildman–Crippen MR) is 76.0 cm³/mol. The summed E-state index contributed by atoms with van der Waals surface area (Å²) < 4.78 is 14.9. The van der Waals surface area contributed by atoms with Crippen LogP contribution in [-0.4, -0.2) is 25.5 Å². The second-order valence-electron chi connectivity index (χ2n) is 4.11. The molecule has 5 heteroatoms. The summed E-state index contributed by atoms with van der Waals surface area (Å²) in [6.45, 7) is -0.312. The van der Waals surface area contributed by atoms with Gasteiger partial charge >= 0.3 is 5.97 Å². The summed E-state index contributed by atoms with van der Waals surface area (Å²) >= 11 is 0. The molecule has 2 rings (SSSR count). The number of hydrogen-bond acceptors (Lipinski definition) is 5. The first-order chi connectivity index (χ1) is 10.2. The second-order valence-corrected chi connectivity index (χ2v) is 4.11. The fourth-order valence-corrected chi connectivity index (χ4v) is 1.58. The molecule has 0 saturated carbocycles. The molecule has 1 aromatic carbocycles. The van der Waals surface area contributed by atoms with Crippen molar-refractivity contribution in [2.24, 2.45) is 0 Å². The first-order valence-electron chi connectivity index (χ1n) is 6.24. The molecule has 0 radical (unpaired) electrons. The number of carbonyl (C=O) groups excluding carboxylic acids is 2. The Hall–Kier alpha value is -2.82. The van der Waals surface area contributed by atoms with Gasteiger partial charge in [-0.2, -0.15) is 0 Å². The molecule has 21 heavy (non-hydrogen) atoms. The van der Waals surface area contributed by atoms with Gasteiger partial charge in [-0.15, -0.1) is 0 Å². The van der Waals surface area contributed by atoms with Crippen LogP contribution in [0.3, 0.4) is 0 Å². The summed E-state index contributed by atoms with van der Waals surface area (Å²) in [5, 5.41) is 0. The maximum absolute atomic E-state index is 11.8. The highest BCUT2D eigenvalue weighted by Gasteiger charge is 2.08. The van der Waals surface area contributed by atoms with E-state index < -0.39 is 5.97 Å². The number of ether oxygens (including phenoxy) is 2. The predicted octanol–water partition coefficient (Wildman–Crippen LogP) is 2.73. The zero-order chi connectivity index (χ0) is 15.1. The van der Waals surface area contributed by atoms with Crippen molar-refractivity contribution in [2.45, 2.75) is 0 Å². The van der Waals surface area contributed by atoms with Gasteiger partial charge in [0.25, 0.3) is 0 Å². The number of furan rings is 1. The van der Waals surface area contributed by atoms with E-state index in [4.69, 9.17) is 13.9 Å². The Labute approximate surface area is 121 Å². The Kier molecular flexibility index (Phi) is 4.93. The highest BCUT2D eigenvalue weighted by Crippen LogP contribution is 2.11. The molecule has 0 bridgehead atoms. The molecule has 5 nitrogen and oxygen atoms in total. The fourth-order valence-electron chi connectivity index (χ4n) is 1.58. The van der Waals surface area contributed by atoms with Crippen molar-refractivity contribution >= 4 is 17.8 Å². The van der Waals surface area contributed by atoms with Crippen LogP contribution in [0.25, 0.3) is 6.08 Å². The van der Waals surface area contributed by atoms with Gasteiger partial charge in [-0.25, -0.2) is 4.79 Å². The average Bonchev–Trinajstić information content (AvgIpc) is 3.04. The molecule has 0 N–H and O–H groups in total. The summed E-state index contributed by atoms with van der Waals surface area (Å²) in [6.07, 6.45) is 4.18. The summed E-state index contributed by atoms with van der Waals surface area (Å²) in [4.78, 5) is 23.3. The summed E-state index contributed by atoms with van der Waals surface area (Å²) in [7, 11) is 1.55.